The van der Waals surface area contributed by atoms with Crippen LogP contribution in [0.15, 0.2) is 30.0 Å². The van der Waals surface area contributed by atoms with Crippen molar-refractivity contribution in [1.82, 2.24) is 4.90 Å². The molecule has 25 heavy (non-hydrogen) atoms. The van der Waals surface area contributed by atoms with Gasteiger partial charge in [-0.15, -0.1) is 0 Å². The number of hydrogen-bond acceptors (Lipinski definition) is 6. The number of carbonyl (C=O) groups is 1. The summed E-state index contributed by atoms with van der Waals surface area (Å²) in [5.74, 6) is -0.439. The molecule has 134 valence electrons. The van der Waals surface area contributed by atoms with Gasteiger partial charge >= 0.3 is 0 Å². The number of benzene rings is 1. The molecule has 0 aromatic heterocycles. The van der Waals surface area contributed by atoms with Crippen molar-refractivity contribution in [2.45, 2.75) is 26.7 Å². The van der Waals surface area contributed by atoms with E-state index in [2.05, 4.69) is 5.32 Å². The minimum atomic E-state index is -0.591. The van der Waals surface area contributed by atoms with Crippen LogP contribution in [0.3, 0.4) is 0 Å². The highest BCUT2D eigenvalue weighted by Gasteiger charge is 2.16. The standard InChI is InChI=1S/C17H22N4O4/c1-4-8-20(9-5-2)12-13(11-18)17(22)19-15-7-6-14(21(23)24)10-16(15)25-3/h6-7,10,12H,4-5,8-9H2,1-3H3,(H,19,22)/b13-12-. The van der Waals surface area contributed by atoms with E-state index in [4.69, 9.17) is 4.74 Å². The second-order valence-electron chi connectivity index (χ2n) is 5.29. The summed E-state index contributed by atoms with van der Waals surface area (Å²) in [5.41, 5.74) is 0.0713. The fourth-order valence-electron chi connectivity index (χ4n) is 2.22. The summed E-state index contributed by atoms with van der Waals surface area (Å²) in [6.45, 7) is 5.52. The molecule has 0 radical (unpaired) electrons. The van der Waals surface area contributed by atoms with Gasteiger partial charge < -0.3 is 15.0 Å². The number of non-ortho nitro benzene ring substituents is 1. The molecule has 1 amide bonds. The summed E-state index contributed by atoms with van der Waals surface area (Å²) in [6.07, 6.45) is 3.33. The van der Waals surface area contributed by atoms with Crippen LogP contribution in [0.2, 0.25) is 0 Å². The fourth-order valence-corrected chi connectivity index (χ4v) is 2.22. The van der Waals surface area contributed by atoms with Crippen LogP contribution in [0.4, 0.5) is 11.4 Å². The molecule has 0 aliphatic heterocycles. The highest BCUT2D eigenvalue weighted by atomic mass is 16.6. The first-order valence-electron chi connectivity index (χ1n) is 7.96. The van der Waals surface area contributed by atoms with Crippen LogP contribution in [0, 0.1) is 21.4 Å². The number of nitriles is 1. The van der Waals surface area contributed by atoms with E-state index in [1.54, 1.807) is 6.20 Å². The zero-order valence-corrected chi connectivity index (χ0v) is 14.6. The number of nitro groups is 1. The molecule has 0 spiro atoms. The number of anilines is 1. The topological polar surface area (TPSA) is 109 Å². The lowest BCUT2D eigenvalue weighted by Gasteiger charge is -2.19. The van der Waals surface area contributed by atoms with Crippen LogP contribution < -0.4 is 10.1 Å². The molecule has 0 bridgehead atoms. The predicted octanol–water partition coefficient (Wildman–Crippen LogP) is 3.07. The molecule has 0 fully saturated rings. The van der Waals surface area contributed by atoms with E-state index in [0.717, 1.165) is 25.9 Å². The molecular weight excluding hydrogens is 324 g/mol. The average molecular weight is 346 g/mol. The van der Waals surface area contributed by atoms with Crippen molar-refractivity contribution in [2.75, 3.05) is 25.5 Å². The number of carbonyl (C=O) groups excluding carboxylic acids is 1. The molecule has 1 aromatic rings. The van der Waals surface area contributed by atoms with Gasteiger partial charge in [0.25, 0.3) is 11.6 Å². The Morgan fingerprint density at radius 2 is 2.04 bits per heavy atom. The molecule has 0 heterocycles. The highest BCUT2D eigenvalue weighted by Crippen LogP contribution is 2.29. The second-order valence-corrected chi connectivity index (χ2v) is 5.29. The number of ether oxygens (including phenoxy) is 1. The highest BCUT2D eigenvalue weighted by molar-refractivity contribution is 6.07. The summed E-state index contributed by atoms with van der Waals surface area (Å²) >= 11 is 0. The first-order valence-corrected chi connectivity index (χ1v) is 7.96. The van der Waals surface area contributed by atoms with Crippen LogP contribution in [0.5, 0.6) is 5.75 Å². The smallest absolute Gasteiger partial charge is 0.273 e. The quantitative estimate of drug-likeness (QED) is 0.318. The third-order valence-electron chi connectivity index (χ3n) is 3.34. The van der Waals surface area contributed by atoms with E-state index in [-0.39, 0.29) is 22.7 Å². The first-order chi connectivity index (χ1) is 12.0. The summed E-state index contributed by atoms with van der Waals surface area (Å²) in [7, 11) is 1.35. The lowest BCUT2D eigenvalue weighted by molar-refractivity contribution is -0.384. The molecule has 8 nitrogen and oxygen atoms in total. The van der Waals surface area contributed by atoms with E-state index in [9.17, 15) is 20.2 Å². The Morgan fingerprint density at radius 3 is 2.52 bits per heavy atom. The zero-order valence-electron chi connectivity index (χ0n) is 14.6. The van der Waals surface area contributed by atoms with Gasteiger partial charge in [-0.05, 0) is 18.9 Å². The molecule has 0 atom stereocenters. The maximum Gasteiger partial charge on any atom is 0.273 e. The Kier molecular flexibility index (Phi) is 7.93. The molecule has 1 aromatic carbocycles. The van der Waals surface area contributed by atoms with Crippen molar-refractivity contribution < 1.29 is 14.5 Å². The SMILES string of the molecule is CCCN(/C=C(/C#N)C(=O)Nc1ccc([N+](=O)[O-])cc1OC)CCC. The van der Waals surface area contributed by atoms with Crippen molar-refractivity contribution in [1.29, 1.82) is 5.26 Å². The number of nitrogens with zero attached hydrogens (tertiary/aromatic N) is 3. The number of methoxy groups -OCH3 is 1. The average Bonchev–Trinajstić information content (AvgIpc) is 2.59. The maximum absolute atomic E-state index is 12.4. The molecule has 0 saturated carbocycles. The summed E-state index contributed by atoms with van der Waals surface area (Å²) < 4.78 is 5.08. The molecule has 0 aliphatic rings. The van der Waals surface area contributed by atoms with Crippen LogP contribution in [-0.2, 0) is 4.79 Å². The second kappa shape index (κ2) is 9.93. The molecular formula is C17H22N4O4. The van der Waals surface area contributed by atoms with Gasteiger partial charge in [0.1, 0.15) is 17.4 Å². The number of nitrogens with one attached hydrogen (secondary N) is 1. The summed E-state index contributed by atoms with van der Waals surface area (Å²) in [4.78, 5) is 24.5. The van der Waals surface area contributed by atoms with Gasteiger partial charge in [-0.2, -0.15) is 5.26 Å². The zero-order chi connectivity index (χ0) is 18.8. The van der Waals surface area contributed by atoms with Crippen LogP contribution in [0.1, 0.15) is 26.7 Å². The Labute approximate surface area is 146 Å². The van der Waals surface area contributed by atoms with Crippen molar-refractivity contribution in [3.05, 3.63) is 40.1 Å². The molecule has 1 N–H and O–H groups in total. The number of rotatable bonds is 9. The number of amides is 1. The largest absolute Gasteiger partial charge is 0.494 e. The predicted molar refractivity (Wildman–Crippen MR) is 94.1 cm³/mol. The van der Waals surface area contributed by atoms with Gasteiger partial charge in [-0.25, -0.2) is 0 Å². The molecule has 1 rings (SSSR count). The monoisotopic (exact) mass is 346 g/mol. The van der Waals surface area contributed by atoms with Crippen LogP contribution in [0.25, 0.3) is 0 Å². The van der Waals surface area contributed by atoms with E-state index >= 15 is 0 Å². The van der Waals surface area contributed by atoms with Crippen LogP contribution >= 0.6 is 0 Å². The summed E-state index contributed by atoms with van der Waals surface area (Å²) in [6, 6.07) is 5.74. The van der Waals surface area contributed by atoms with Gasteiger partial charge in [0, 0.05) is 25.4 Å². The third-order valence-corrected chi connectivity index (χ3v) is 3.34. The van der Waals surface area contributed by atoms with Gasteiger partial charge in [0.05, 0.1) is 23.8 Å². The molecule has 0 aliphatic carbocycles. The lowest BCUT2D eigenvalue weighted by atomic mass is 10.2. The molecule has 0 unspecified atom stereocenters. The van der Waals surface area contributed by atoms with Crippen molar-refractivity contribution in [2.24, 2.45) is 0 Å². The van der Waals surface area contributed by atoms with Crippen molar-refractivity contribution in [3.8, 4) is 11.8 Å². The van der Waals surface area contributed by atoms with Crippen molar-refractivity contribution in [3.63, 3.8) is 0 Å². The Morgan fingerprint density at radius 1 is 1.40 bits per heavy atom. The summed E-state index contributed by atoms with van der Waals surface area (Å²) in [5, 5.41) is 22.6. The lowest BCUT2D eigenvalue weighted by Crippen LogP contribution is -2.23. The molecule has 8 heteroatoms. The molecule has 0 saturated heterocycles. The van der Waals surface area contributed by atoms with Gasteiger partial charge in [0.2, 0.25) is 0 Å². The first kappa shape index (κ1) is 20.0. The number of hydrogen-bond donors (Lipinski definition) is 1. The van der Waals surface area contributed by atoms with E-state index in [1.807, 2.05) is 24.8 Å². The minimum Gasteiger partial charge on any atom is -0.494 e. The van der Waals surface area contributed by atoms with E-state index < -0.39 is 10.8 Å². The van der Waals surface area contributed by atoms with Gasteiger partial charge in [-0.3, -0.25) is 14.9 Å². The van der Waals surface area contributed by atoms with E-state index in [1.165, 1.54) is 25.3 Å². The minimum absolute atomic E-state index is 0.0395. The normalized spacial score (nSPS) is 10.7. The van der Waals surface area contributed by atoms with E-state index in [0.29, 0.717) is 0 Å². The van der Waals surface area contributed by atoms with Crippen LogP contribution in [-0.4, -0.2) is 35.9 Å². The van der Waals surface area contributed by atoms with Gasteiger partial charge in [0.15, 0.2) is 0 Å². The van der Waals surface area contributed by atoms with Crippen molar-refractivity contribution >= 4 is 17.3 Å². The maximum atomic E-state index is 12.4. The Hall–Kier alpha value is -3.08. The third kappa shape index (κ3) is 5.80. The Balaban J connectivity index is 3.02. The Bertz CT molecular complexity index is 688. The van der Waals surface area contributed by atoms with Gasteiger partial charge in [-0.1, -0.05) is 13.8 Å². The number of nitro benzene ring substituents is 1. The fraction of sp³-hybridized carbons (Fsp3) is 0.412.